The second-order valence-corrected chi connectivity index (χ2v) is 12.7. The van der Waals surface area contributed by atoms with Crippen LogP contribution in [0.4, 0.5) is 0 Å². The lowest BCUT2D eigenvalue weighted by molar-refractivity contribution is 0.102. The van der Waals surface area contributed by atoms with Crippen molar-refractivity contribution in [2.45, 2.75) is 62.2 Å². The van der Waals surface area contributed by atoms with Crippen LogP contribution in [0.5, 0.6) is 0 Å². The summed E-state index contributed by atoms with van der Waals surface area (Å²) in [7, 11) is -2.77. The van der Waals surface area contributed by atoms with Crippen molar-refractivity contribution in [2.24, 2.45) is 0 Å². The Labute approximate surface area is 188 Å². The molecule has 31 heavy (non-hydrogen) atoms. The SMILES string of the molecule is CC(C)(C)c1ccc([S+](=O)(CC(=O)c2ccccc2)c2ccc(C(C)(C)C)cc2)cc1. The molecule has 0 atom stereocenters. The Morgan fingerprint density at radius 3 is 1.39 bits per heavy atom. The van der Waals surface area contributed by atoms with Crippen molar-refractivity contribution in [2.75, 3.05) is 5.75 Å². The van der Waals surface area contributed by atoms with E-state index in [1.165, 1.54) is 11.1 Å². The molecule has 0 aliphatic rings. The first-order valence-corrected chi connectivity index (χ1v) is 12.5. The third-order valence-corrected chi connectivity index (χ3v) is 8.37. The zero-order valence-electron chi connectivity index (χ0n) is 19.4. The smallest absolute Gasteiger partial charge is 0.212 e. The van der Waals surface area contributed by atoms with Crippen molar-refractivity contribution < 1.29 is 9.00 Å². The van der Waals surface area contributed by atoms with Gasteiger partial charge in [-0.25, -0.2) is 0 Å². The number of carbonyl (C=O) groups is 1. The predicted octanol–water partition coefficient (Wildman–Crippen LogP) is 7.08. The van der Waals surface area contributed by atoms with Crippen LogP contribution >= 0.6 is 0 Å². The Morgan fingerprint density at radius 2 is 1.03 bits per heavy atom. The number of Topliss-reactive ketones (excluding diaryl/α,β-unsaturated/α-hetero) is 1. The number of hydrogen-bond donors (Lipinski definition) is 0. The topological polar surface area (TPSA) is 34.1 Å². The molecular weight excluding hydrogens is 400 g/mol. The van der Waals surface area contributed by atoms with E-state index >= 15 is 0 Å². The first-order valence-electron chi connectivity index (χ1n) is 10.7. The Bertz CT molecular complexity index is 1020. The average molecular weight is 434 g/mol. The normalized spacial score (nSPS) is 12.6. The van der Waals surface area contributed by atoms with Crippen LogP contribution in [0.15, 0.2) is 88.7 Å². The molecule has 0 fully saturated rings. The molecule has 0 heterocycles. The lowest BCUT2D eigenvalue weighted by Gasteiger charge is -2.21. The van der Waals surface area contributed by atoms with Crippen LogP contribution < -0.4 is 0 Å². The number of ketones is 1. The summed E-state index contributed by atoms with van der Waals surface area (Å²) in [6.45, 7) is 12.9. The van der Waals surface area contributed by atoms with Crippen molar-refractivity contribution in [3.8, 4) is 0 Å². The molecule has 0 saturated heterocycles. The monoisotopic (exact) mass is 433 g/mol. The van der Waals surface area contributed by atoms with E-state index in [1.54, 1.807) is 12.1 Å². The molecule has 0 aromatic heterocycles. The minimum Gasteiger partial charge on any atom is -0.289 e. The average Bonchev–Trinajstić information content (AvgIpc) is 2.73. The van der Waals surface area contributed by atoms with E-state index in [-0.39, 0.29) is 22.4 Å². The van der Waals surface area contributed by atoms with E-state index in [4.69, 9.17) is 0 Å². The highest BCUT2D eigenvalue weighted by Crippen LogP contribution is 2.34. The quantitative estimate of drug-likeness (QED) is 0.318. The molecule has 0 unspecified atom stereocenters. The Kier molecular flexibility index (Phi) is 6.38. The highest BCUT2D eigenvalue weighted by molar-refractivity contribution is 8.03. The van der Waals surface area contributed by atoms with Gasteiger partial charge in [-0.05, 0) is 46.2 Å². The Hall–Kier alpha value is -2.52. The molecule has 3 heteroatoms. The molecular formula is C28H33O2S+. The molecule has 0 aliphatic carbocycles. The summed E-state index contributed by atoms with van der Waals surface area (Å²) in [5, 5.41) is 0. The van der Waals surface area contributed by atoms with Crippen LogP contribution in [0.2, 0.25) is 0 Å². The highest BCUT2D eigenvalue weighted by atomic mass is 32.2. The van der Waals surface area contributed by atoms with Crippen LogP contribution in [0.3, 0.4) is 0 Å². The number of hydrogen-bond acceptors (Lipinski definition) is 2. The van der Waals surface area contributed by atoms with Crippen molar-refractivity contribution in [1.82, 2.24) is 0 Å². The summed E-state index contributed by atoms with van der Waals surface area (Å²) in [6.07, 6.45) is 0. The largest absolute Gasteiger partial charge is 0.289 e. The van der Waals surface area contributed by atoms with Crippen molar-refractivity contribution in [3.05, 3.63) is 95.6 Å². The van der Waals surface area contributed by atoms with E-state index in [2.05, 4.69) is 41.5 Å². The van der Waals surface area contributed by atoms with Crippen LogP contribution in [-0.4, -0.2) is 11.5 Å². The van der Waals surface area contributed by atoms with Crippen molar-refractivity contribution in [3.63, 3.8) is 0 Å². The van der Waals surface area contributed by atoms with Gasteiger partial charge in [0.25, 0.3) is 0 Å². The van der Waals surface area contributed by atoms with Gasteiger partial charge >= 0.3 is 0 Å². The van der Waals surface area contributed by atoms with Crippen LogP contribution in [0.1, 0.15) is 63.0 Å². The van der Waals surface area contributed by atoms with E-state index < -0.39 is 9.93 Å². The van der Waals surface area contributed by atoms with Crippen LogP contribution in [-0.2, 0) is 25.0 Å². The summed E-state index contributed by atoms with van der Waals surface area (Å²) in [4.78, 5) is 14.5. The maximum atomic E-state index is 14.5. The maximum absolute atomic E-state index is 14.5. The highest BCUT2D eigenvalue weighted by Gasteiger charge is 2.38. The second-order valence-electron chi connectivity index (χ2n) is 10.2. The summed E-state index contributed by atoms with van der Waals surface area (Å²) < 4.78 is 14.5. The molecule has 0 saturated carbocycles. The molecule has 0 N–H and O–H groups in total. The molecule has 0 bridgehead atoms. The summed E-state index contributed by atoms with van der Waals surface area (Å²) in [6, 6.07) is 25.0. The van der Waals surface area contributed by atoms with Crippen molar-refractivity contribution in [1.29, 1.82) is 0 Å². The zero-order chi connectivity index (χ0) is 22.9. The van der Waals surface area contributed by atoms with E-state index in [0.29, 0.717) is 15.4 Å². The minimum absolute atomic E-state index is 0.00756. The van der Waals surface area contributed by atoms with Crippen molar-refractivity contribution >= 4 is 15.7 Å². The van der Waals surface area contributed by atoms with Gasteiger partial charge in [0, 0.05) is 5.56 Å². The molecule has 162 valence electrons. The maximum Gasteiger partial charge on any atom is 0.212 e. The third kappa shape index (κ3) is 5.22. The molecule has 0 aliphatic heterocycles. The summed E-state index contributed by atoms with van der Waals surface area (Å²) in [5.74, 6) is -0.147. The standard InChI is InChI=1S/C28H33O2S/c1-27(2,3)22-12-16-24(17-13-22)31(30,20-26(29)21-10-8-7-9-11-21)25-18-14-23(15-19-25)28(4,5)6/h7-19H,20H2,1-6H3/q+1. The number of carbonyl (C=O) groups excluding carboxylic acids is 1. The molecule has 0 spiro atoms. The van der Waals surface area contributed by atoms with Gasteiger partial charge in [-0.2, -0.15) is 0 Å². The van der Waals surface area contributed by atoms with Crippen LogP contribution in [0.25, 0.3) is 0 Å². The lowest BCUT2D eigenvalue weighted by atomic mass is 9.87. The fourth-order valence-electron chi connectivity index (χ4n) is 3.54. The third-order valence-electron chi connectivity index (χ3n) is 5.63. The molecule has 3 aromatic carbocycles. The fraction of sp³-hybridized carbons (Fsp3) is 0.321. The summed E-state index contributed by atoms with van der Waals surface area (Å²) in [5.41, 5.74) is 2.96. The van der Waals surface area contributed by atoms with E-state index in [0.717, 1.165) is 0 Å². The number of rotatable bonds is 5. The molecule has 0 radical (unpaired) electrons. The lowest BCUT2D eigenvalue weighted by Crippen LogP contribution is -2.24. The molecule has 2 nitrogen and oxygen atoms in total. The Morgan fingerprint density at radius 1 is 0.645 bits per heavy atom. The molecule has 0 amide bonds. The predicted molar refractivity (Wildman–Crippen MR) is 131 cm³/mol. The first-order chi connectivity index (χ1) is 14.4. The molecule has 3 aromatic rings. The zero-order valence-corrected chi connectivity index (χ0v) is 20.3. The van der Waals surface area contributed by atoms with Crippen LogP contribution in [0, 0.1) is 0 Å². The second kappa shape index (κ2) is 8.55. The van der Waals surface area contributed by atoms with Gasteiger partial charge in [0.1, 0.15) is 0 Å². The van der Waals surface area contributed by atoms with Gasteiger partial charge in [-0.15, -0.1) is 0 Å². The molecule has 3 rings (SSSR count). The van der Waals surface area contributed by atoms with Gasteiger partial charge in [-0.1, -0.05) is 100 Å². The van der Waals surface area contributed by atoms with Gasteiger partial charge in [0.05, 0.1) is 0 Å². The van der Waals surface area contributed by atoms with Gasteiger partial charge in [0.2, 0.25) is 5.78 Å². The minimum atomic E-state index is -2.77. The van der Waals surface area contributed by atoms with Gasteiger partial charge in [-0.3, -0.25) is 4.79 Å². The fourth-order valence-corrected chi connectivity index (χ4v) is 5.84. The Balaban J connectivity index is 2.07. The number of benzene rings is 3. The van der Waals surface area contributed by atoms with E-state index in [9.17, 15) is 9.00 Å². The van der Waals surface area contributed by atoms with Gasteiger partial charge in [0.15, 0.2) is 25.5 Å². The van der Waals surface area contributed by atoms with Gasteiger partial charge < -0.3 is 0 Å². The first kappa shape index (κ1) is 23.1. The van der Waals surface area contributed by atoms with E-state index in [1.807, 2.05) is 66.7 Å². The summed E-state index contributed by atoms with van der Waals surface area (Å²) >= 11 is 0.